The molecule has 1 aromatic carbocycles. The van der Waals surface area contributed by atoms with E-state index in [0.29, 0.717) is 24.5 Å². The second-order valence-electron chi connectivity index (χ2n) is 6.86. The van der Waals surface area contributed by atoms with Crippen molar-refractivity contribution in [3.05, 3.63) is 69.7 Å². The molecule has 0 unspecified atom stereocenters. The fourth-order valence-electron chi connectivity index (χ4n) is 3.00. The summed E-state index contributed by atoms with van der Waals surface area (Å²) in [7, 11) is -3.95. The van der Waals surface area contributed by atoms with E-state index in [9.17, 15) is 8.42 Å². The number of hydrogen-bond donors (Lipinski definition) is 1. The Morgan fingerprint density at radius 3 is 2.59 bits per heavy atom. The van der Waals surface area contributed by atoms with Crippen molar-refractivity contribution in [3.8, 4) is 11.8 Å². The molecule has 3 aromatic rings. The van der Waals surface area contributed by atoms with E-state index < -0.39 is 10.0 Å². The molecule has 0 fully saturated rings. The molecule has 1 aliphatic heterocycles. The van der Waals surface area contributed by atoms with Crippen LogP contribution in [0.1, 0.15) is 39.2 Å². The number of anilines is 1. The van der Waals surface area contributed by atoms with Crippen molar-refractivity contribution in [1.29, 1.82) is 0 Å². The first-order chi connectivity index (χ1) is 13.8. The Bertz CT molecular complexity index is 1270. The van der Waals surface area contributed by atoms with Gasteiger partial charge in [-0.2, -0.15) is 0 Å². The SMILES string of the molecule is Cc1cc2c(cc1C#Cc1ncccc1S(=O)(=O)Nc1onc(C)c1C)COC2. The molecule has 1 N–H and O–H groups in total. The normalized spacial score (nSPS) is 12.9. The molecule has 29 heavy (non-hydrogen) atoms. The number of aryl methyl sites for hydroxylation is 2. The number of ether oxygens (including phenoxy) is 1. The topological polar surface area (TPSA) is 94.3 Å². The van der Waals surface area contributed by atoms with E-state index in [2.05, 4.69) is 32.8 Å². The number of benzene rings is 1. The molecule has 8 heteroatoms. The Morgan fingerprint density at radius 1 is 1.10 bits per heavy atom. The van der Waals surface area contributed by atoms with Gasteiger partial charge >= 0.3 is 0 Å². The Hall–Kier alpha value is -3.15. The minimum absolute atomic E-state index is 0.0249. The Balaban J connectivity index is 1.70. The van der Waals surface area contributed by atoms with Crippen LogP contribution in [0.4, 0.5) is 5.88 Å². The summed E-state index contributed by atoms with van der Waals surface area (Å²) in [6.07, 6.45) is 1.51. The number of nitrogens with zero attached hydrogens (tertiary/aromatic N) is 2. The van der Waals surface area contributed by atoms with E-state index in [1.54, 1.807) is 19.9 Å². The van der Waals surface area contributed by atoms with Gasteiger partial charge in [-0.15, -0.1) is 0 Å². The van der Waals surface area contributed by atoms with Crippen LogP contribution in [-0.2, 0) is 28.0 Å². The smallest absolute Gasteiger partial charge is 0.267 e. The molecule has 4 rings (SSSR count). The van der Waals surface area contributed by atoms with Gasteiger partial charge in [-0.25, -0.2) is 18.1 Å². The van der Waals surface area contributed by atoms with Gasteiger partial charge in [-0.05, 0) is 61.6 Å². The number of rotatable bonds is 3. The van der Waals surface area contributed by atoms with Crippen LogP contribution in [0.3, 0.4) is 0 Å². The highest BCUT2D eigenvalue weighted by Gasteiger charge is 2.22. The second-order valence-corrected chi connectivity index (χ2v) is 8.51. The molecular formula is C21H19N3O4S. The van der Waals surface area contributed by atoms with Crippen LogP contribution in [0.5, 0.6) is 0 Å². The predicted octanol–water partition coefficient (Wildman–Crippen LogP) is 3.23. The van der Waals surface area contributed by atoms with Crippen LogP contribution in [-0.4, -0.2) is 18.6 Å². The molecule has 0 atom stereocenters. The van der Waals surface area contributed by atoms with Crippen LogP contribution in [0.25, 0.3) is 0 Å². The van der Waals surface area contributed by atoms with E-state index in [0.717, 1.165) is 22.3 Å². The summed E-state index contributed by atoms with van der Waals surface area (Å²) in [6.45, 7) is 6.61. The molecule has 0 aliphatic carbocycles. The van der Waals surface area contributed by atoms with Crippen LogP contribution < -0.4 is 4.72 Å². The van der Waals surface area contributed by atoms with E-state index in [4.69, 9.17) is 9.26 Å². The highest BCUT2D eigenvalue weighted by molar-refractivity contribution is 7.92. The maximum Gasteiger partial charge on any atom is 0.267 e. The van der Waals surface area contributed by atoms with Crippen molar-refractivity contribution in [2.75, 3.05) is 4.72 Å². The molecular weight excluding hydrogens is 390 g/mol. The minimum atomic E-state index is -3.95. The molecule has 2 aromatic heterocycles. The lowest BCUT2D eigenvalue weighted by molar-refractivity contribution is 0.134. The van der Waals surface area contributed by atoms with Gasteiger partial charge in [-0.1, -0.05) is 17.1 Å². The average Bonchev–Trinajstić information content (AvgIpc) is 3.27. The summed E-state index contributed by atoms with van der Waals surface area (Å²) in [4.78, 5) is 4.14. The van der Waals surface area contributed by atoms with Crippen LogP contribution in [0, 0.1) is 32.6 Å². The second kappa shape index (κ2) is 7.35. The highest BCUT2D eigenvalue weighted by Crippen LogP contribution is 2.24. The van der Waals surface area contributed by atoms with Gasteiger partial charge in [0.25, 0.3) is 10.0 Å². The lowest BCUT2D eigenvalue weighted by Gasteiger charge is -2.07. The third-order valence-corrected chi connectivity index (χ3v) is 6.18. The summed E-state index contributed by atoms with van der Waals surface area (Å²) >= 11 is 0. The van der Waals surface area contributed by atoms with Crippen molar-refractivity contribution in [2.24, 2.45) is 0 Å². The zero-order chi connectivity index (χ0) is 20.6. The Kier molecular flexibility index (Phi) is 4.86. The van der Waals surface area contributed by atoms with Crippen LogP contribution in [0.2, 0.25) is 0 Å². The molecule has 0 bridgehead atoms. The van der Waals surface area contributed by atoms with Gasteiger partial charge in [0, 0.05) is 17.3 Å². The first-order valence-corrected chi connectivity index (χ1v) is 10.5. The zero-order valence-electron chi connectivity index (χ0n) is 16.2. The number of sulfonamides is 1. The first kappa shape index (κ1) is 19.2. The molecule has 1 aliphatic rings. The van der Waals surface area contributed by atoms with E-state index in [1.165, 1.54) is 12.3 Å². The van der Waals surface area contributed by atoms with Crippen molar-refractivity contribution < 1.29 is 17.7 Å². The number of hydrogen-bond acceptors (Lipinski definition) is 6. The molecule has 0 spiro atoms. The van der Waals surface area contributed by atoms with Crippen molar-refractivity contribution >= 4 is 15.9 Å². The third kappa shape index (κ3) is 3.75. The molecule has 3 heterocycles. The third-order valence-electron chi connectivity index (χ3n) is 4.82. The molecule has 0 radical (unpaired) electrons. The summed E-state index contributed by atoms with van der Waals surface area (Å²) in [5.41, 5.74) is 5.49. The molecule has 0 saturated carbocycles. The molecule has 148 valence electrons. The number of aromatic nitrogens is 2. The lowest BCUT2D eigenvalue weighted by atomic mass is 10.0. The summed E-state index contributed by atoms with van der Waals surface area (Å²) in [5.74, 6) is 6.04. The highest BCUT2D eigenvalue weighted by atomic mass is 32.2. The van der Waals surface area contributed by atoms with Gasteiger partial charge in [0.1, 0.15) is 10.6 Å². The summed E-state index contributed by atoms with van der Waals surface area (Å²) in [5, 5.41) is 3.77. The van der Waals surface area contributed by atoms with Gasteiger partial charge in [0.2, 0.25) is 5.88 Å². The summed E-state index contributed by atoms with van der Waals surface area (Å²) in [6, 6.07) is 7.05. The van der Waals surface area contributed by atoms with E-state index in [1.807, 2.05) is 13.0 Å². The number of pyridine rings is 1. The van der Waals surface area contributed by atoms with Crippen LogP contribution >= 0.6 is 0 Å². The van der Waals surface area contributed by atoms with E-state index in [-0.39, 0.29) is 16.5 Å². The lowest BCUT2D eigenvalue weighted by Crippen LogP contribution is -2.15. The monoisotopic (exact) mass is 409 g/mol. The average molecular weight is 409 g/mol. The van der Waals surface area contributed by atoms with E-state index >= 15 is 0 Å². The Labute approximate surface area is 169 Å². The number of fused-ring (bicyclic) bond motifs is 1. The molecule has 0 saturated heterocycles. The fourth-order valence-corrected chi connectivity index (χ4v) is 4.16. The summed E-state index contributed by atoms with van der Waals surface area (Å²) < 4.78 is 38.7. The maximum absolute atomic E-state index is 12.9. The standard InChI is InChI=1S/C21H19N3O4S/c1-13-9-17-11-27-12-18(17)10-16(13)6-7-19-20(5-4-8-22-19)29(25,26)24-21-14(2)15(3)23-28-21/h4-5,8-10,24H,11-12H2,1-3H3. The molecule has 0 amide bonds. The van der Waals surface area contributed by atoms with Gasteiger partial charge in [0.15, 0.2) is 0 Å². The van der Waals surface area contributed by atoms with Gasteiger partial charge in [-0.3, -0.25) is 0 Å². The van der Waals surface area contributed by atoms with Crippen LogP contribution in [0.15, 0.2) is 39.9 Å². The Morgan fingerprint density at radius 2 is 1.86 bits per heavy atom. The molecule has 7 nitrogen and oxygen atoms in total. The minimum Gasteiger partial charge on any atom is -0.372 e. The number of nitrogens with one attached hydrogen (secondary N) is 1. The van der Waals surface area contributed by atoms with Gasteiger partial charge < -0.3 is 9.26 Å². The van der Waals surface area contributed by atoms with Crippen molar-refractivity contribution in [2.45, 2.75) is 38.9 Å². The van der Waals surface area contributed by atoms with Gasteiger partial charge in [0.05, 0.1) is 18.9 Å². The van der Waals surface area contributed by atoms with Crippen molar-refractivity contribution in [3.63, 3.8) is 0 Å². The maximum atomic E-state index is 12.9. The predicted molar refractivity (Wildman–Crippen MR) is 107 cm³/mol. The quantitative estimate of drug-likeness (QED) is 0.668. The zero-order valence-corrected chi connectivity index (χ0v) is 17.1. The van der Waals surface area contributed by atoms with Crippen molar-refractivity contribution in [1.82, 2.24) is 10.1 Å². The fraction of sp³-hybridized carbons (Fsp3) is 0.238. The largest absolute Gasteiger partial charge is 0.372 e. The first-order valence-electron chi connectivity index (χ1n) is 8.98.